The number of aryl methyl sites for hydroxylation is 1. The largest absolute Gasteiger partial charge is 0.312 e. The first-order valence-electron chi connectivity index (χ1n) is 7.57. The predicted octanol–water partition coefficient (Wildman–Crippen LogP) is 0.683. The summed E-state index contributed by atoms with van der Waals surface area (Å²) in [6, 6.07) is 2.31. The summed E-state index contributed by atoms with van der Waals surface area (Å²) in [6.45, 7) is 1.33. The molecule has 21 heavy (non-hydrogen) atoms. The molecule has 0 aromatic carbocycles. The summed E-state index contributed by atoms with van der Waals surface area (Å²) in [4.78, 5) is 0. The van der Waals surface area contributed by atoms with Crippen LogP contribution in [0.25, 0.3) is 0 Å². The molecule has 1 saturated carbocycles. The third-order valence-corrected chi connectivity index (χ3v) is 5.61. The number of piperidine rings is 1. The van der Waals surface area contributed by atoms with Crippen LogP contribution in [0.4, 0.5) is 5.82 Å². The second-order valence-corrected chi connectivity index (χ2v) is 7.55. The zero-order valence-electron chi connectivity index (χ0n) is 12.3. The lowest BCUT2D eigenvalue weighted by atomic mass is 10.1. The van der Waals surface area contributed by atoms with Gasteiger partial charge >= 0.3 is 10.2 Å². The normalized spacial score (nSPS) is 24.1. The summed E-state index contributed by atoms with van der Waals surface area (Å²) in [5.41, 5.74) is 0. The zero-order valence-corrected chi connectivity index (χ0v) is 13.1. The lowest BCUT2D eigenvalue weighted by molar-refractivity contribution is 0.246. The molecule has 0 spiro atoms. The summed E-state index contributed by atoms with van der Waals surface area (Å²) >= 11 is 0. The molecule has 118 valence electrons. The van der Waals surface area contributed by atoms with E-state index in [9.17, 15) is 8.42 Å². The number of hydrogen-bond donors (Lipinski definition) is 2. The number of rotatable bonds is 6. The molecule has 1 unspecified atom stereocenters. The smallest absolute Gasteiger partial charge is 0.303 e. The van der Waals surface area contributed by atoms with Crippen LogP contribution in [-0.4, -0.2) is 47.7 Å². The molecule has 1 atom stereocenters. The number of anilines is 1. The van der Waals surface area contributed by atoms with E-state index in [1.54, 1.807) is 28.3 Å². The van der Waals surface area contributed by atoms with Crippen molar-refractivity contribution in [2.45, 2.75) is 44.2 Å². The monoisotopic (exact) mass is 313 g/mol. The molecule has 1 saturated heterocycles. The fourth-order valence-corrected chi connectivity index (χ4v) is 4.18. The number of nitrogens with one attached hydrogen (secondary N) is 2. The van der Waals surface area contributed by atoms with Gasteiger partial charge in [-0.1, -0.05) is 6.42 Å². The zero-order chi connectivity index (χ0) is 14.9. The van der Waals surface area contributed by atoms with Crippen LogP contribution in [0.1, 0.15) is 32.1 Å². The fraction of sp³-hybridized carbons (Fsp3) is 0.769. The Balaban J connectivity index is 1.67. The van der Waals surface area contributed by atoms with Crippen molar-refractivity contribution in [3.05, 3.63) is 12.3 Å². The lowest BCUT2D eigenvalue weighted by Gasteiger charge is -2.34. The Morgan fingerprint density at radius 2 is 2.14 bits per heavy atom. The van der Waals surface area contributed by atoms with Crippen molar-refractivity contribution in [2.75, 3.05) is 17.8 Å². The molecule has 0 bridgehead atoms. The number of aromatic nitrogens is 2. The average Bonchev–Trinajstić information content (AvgIpc) is 3.19. The molecule has 1 aliphatic carbocycles. The van der Waals surface area contributed by atoms with Crippen molar-refractivity contribution in [2.24, 2.45) is 7.05 Å². The molecule has 1 aromatic rings. The molecule has 2 aliphatic rings. The average molecular weight is 313 g/mol. The fourth-order valence-electron chi connectivity index (χ4n) is 2.74. The van der Waals surface area contributed by atoms with Gasteiger partial charge in [-0.05, 0) is 25.7 Å². The van der Waals surface area contributed by atoms with Crippen LogP contribution in [0.5, 0.6) is 0 Å². The third kappa shape index (κ3) is 3.75. The summed E-state index contributed by atoms with van der Waals surface area (Å²) in [5.74, 6) is 0.372. The van der Waals surface area contributed by atoms with Gasteiger partial charge in [-0.25, -0.2) is 0 Å². The molecule has 0 radical (unpaired) electrons. The highest BCUT2D eigenvalue weighted by molar-refractivity contribution is 7.90. The van der Waals surface area contributed by atoms with Gasteiger partial charge in [-0.15, -0.1) is 0 Å². The highest BCUT2D eigenvalue weighted by Crippen LogP contribution is 2.23. The van der Waals surface area contributed by atoms with Crippen LogP contribution in [0, 0.1) is 0 Å². The minimum atomic E-state index is -3.53. The van der Waals surface area contributed by atoms with Crippen LogP contribution in [0.3, 0.4) is 0 Å². The predicted molar refractivity (Wildman–Crippen MR) is 81.1 cm³/mol. The molecule has 0 amide bonds. The van der Waals surface area contributed by atoms with E-state index >= 15 is 0 Å². The number of nitrogens with zero attached hydrogens (tertiary/aromatic N) is 3. The van der Waals surface area contributed by atoms with E-state index in [0.717, 1.165) is 25.8 Å². The summed E-state index contributed by atoms with van der Waals surface area (Å²) in [6.07, 6.45) is 7.08. The van der Waals surface area contributed by atoms with E-state index < -0.39 is 10.2 Å². The molecule has 2 N–H and O–H groups in total. The first-order valence-corrected chi connectivity index (χ1v) is 9.01. The first-order chi connectivity index (χ1) is 10.0. The Kier molecular flexibility index (Phi) is 4.19. The van der Waals surface area contributed by atoms with Gasteiger partial charge in [0.15, 0.2) is 5.82 Å². The van der Waals surface area contributed by atoms with Gasteiger partial charge in [0.2, 0.25) is 0 Å². The Hall–Kier alpha value is -1.12. The van der Waals surface area contributed by atoms with Crippen LogP contribution in [0.2, 0.25) is 0 Å². The molecule has 2 fully saturated rings. The van der Waals surface area contributed by atoms with Gasteiger partial charge in [-0.2, -0.15) is 17.8 Å². The van der Waals surface area contributed by atoms with Gasteiger partial charge in [-0.3, -0.25) is 9.40 Å². The van der Waals surface area contributed by atoms with Crippen LogP contribution < -0.4 is 10.0 Å². The maximum Gasteiger partial charge on any atom is 0.303 e. The molecule has 7 nitrogen and oxygen atoms in total. The topological polar surface area (TPSA) is 79.3 Å². The lowest BCUT2D eigenvalue weighted by Crippen LogP contribution is -2.50. The van der Waals surface area contributed by atoms with E-state index in [1.165, 1.54) is 12.8 Å². The molecule has 3 rings (SSSR count). The van der Waals surface area contributed by atoms with Crippen molar-refractivity contribution in [3.63, 3.8) is 0 Å². The third-order valence-electron chi connectivity index (χ3n) is 4.05. The van der Waals surface area contributed by atoms with E-state index in [1.807, 2.05) is 0 Å². The van der Waals surface area contributed by atoms with E-state index in [4.69, 9.17) is 0 Å². The van der Waals surface area contributed by atoms with Crippen molar-refractivity contribution in [1.29, 1.82) is 0 Å². The van der Waals surface area contributed by atoms with Crippen molar-refractivity contribution in [3.8, 4) is 0 Å². The quantitative estimate of drug-likeness (QED) is 0.809. The summed E-state index contributed by atoms with van der Waals surface area (Å²) < 4.78 is 30.9. The first kappa shape index (κ1) is 14.8. The van der Waals surface area contributed by atoms with Crippen molar-refractivity contribution < 1.29 is 8.42 Å². The Morgan fingerprint density at radius 1 is 1.33 bits per heavy atom. The Labute approximate surface area is 125 Å². The maximum absolute atomic E-state index is 12.6. The van der Waals surface area contributed by atoms with Gasteiger partial charge in [0.05, 0.1) is 0 Å². The molecule has 8 heteroatoms. The summed E-state index contributed by atoms with van der Waals surface area (Å²) in [5, 5.41) is 7.53. The van der Waals surface area contributed by atoms with Gasteiger partial charge in [0.1, 0.15) is 0 Å². The highest BCUT2D eigenvalue weighted by Gasteiger charge is 2.33. The van der Waals surface area contributed by atoms with Crippen molar-refractivity contribution >= 4 is 16.0 Å². The molecular weight excluding hydrogens is 290 g/mol. The Morgan fingerprint density at radius 3 is 2.81 bits per heavy atom. The molecule has 1 aromatic heterocycles. The van der Waals surface area contributed by atoms with Gasteiger partial charge < -0.3 is 5.32 Å². The molecule has 1 aliphatic heterocycles. The minimum Gasteiger partial charge on any atom is -0.312 e. The van der Waals surface area contributed by atoms with Gasteiger partial charge in [0, 0.05) is 44.5 Å². The van der Waals surface area contributed by atoms with Crippen LogP contribution in [-0.2, 0) is 17.3 Å². The summed E-state index contributed by atoms with van der Waals surface area (Å²) in [7, 11) is -1.77. The second-order valence-electron chi connectivity index (χ2n) is 5.92. The van der Waals surface area contributed by atoms with E-state index in [2.05, 4.69) is 15.1 Å². The SMILES string of the molecule is Cn1ccc(NS(=O)(=O)N2CCCCC2CNC2CC2)n1. The minimum absolute atomic E-state index is 0.0422. The molecular formula is C13H23N5O2S. The number of hydrogen-bond acceptors (Lipinski definition) is 4. The van der Waals surface area contributed by atoms with E-state index in [-0.39, 0.29) is 6.04 Å². The second kappa shape index (κ2) is 5.94. The maximum atomic E-state index is 12.6. The Bertz CT molecular complexity index is 581. The standard InChI is InChI=1S/C13H23N5O2S/c1-17-9-7-13(15-17)16-21(19,20)18-8-3-2-4-12(18)10-14-11-5-6-11/h7,9,11-12,14H,2-6,8,10H2,1H3,(H,15,16). The van der Waals surface area contributed by atoms with Gasteiger partial charge in [0.25, 0.3) is 0 Å². The van der Waals surface area contributed by atoms with E-state index in [0.29, 0.717) is 18.4 Å². The highest BCUT2D eigenvalue weighted by atomic mass is 32.2. The van der Waals surface area contributed by atoms with Crippen LogP contribution >= 0.6 is 0 Å². The molecule has 2 heterocycles. The van der Waals surface area contributed by atoms with Crippen LogP contribution in [0.15, 0.2) is 12.3 Å². The van der Waals surface area contributed by atoms with Crippen molar-refractivity contribution in [1.82, 2.24) is 19.4 Å².